The van der Waals surface area contributed by atoms with Gasteiger partial charge in [-0.2, -0.15) is 0 Å². The van der Waals surface area contributed by atoms with Crippen LogP contribution in [0.25, 0.3) is 0 Å². The Kier molecular flexibility index (Phi) is 4.04. The fraction of sp³-hybridized carbons (Fsp3) is 1.00. The third kappa shape index (κ3) is 3.46. The lowest BCUT2D eigenvalue weighted by Gasteiger charge is -2.36. The molecule has 0 amide bonds. The van der Waals surface area contributed by atoms with Crippen LogP contribution in [0, 0.1) is 0 Å². The SMILES string of the molecule is CC1(NC2CCCOC2)CCCCCC1. The van der Waals surface area contributed by atoms with Gasteiger partial charge in [0.15, 0.2) is 0 Å². The molecule has 2 nitrogen and oxygen atoms in total. The van der Waals surface area contributed by atoms with Crippen molar-refractivity contribution in [1.82, 2.24) is 5.32 Å². The highest BCUT2D eigenvalue weighted by Crippen LogP contribution is 2.27. The minimum Gasteiger partial charge on any atom is -0.380 e. The highest BCUT2D eigenvalue weighted by Gasteiger charge is 2.28. The van der Waals surface area contributed by atoms with Crippen LogP contribution in [0.2, 0.25) is 0 Å². The Hall–Kier alpha value is -0.0800. The van der Waals surface area contributed by atoms with E-state index in [4.69, 9.17) is 4.74 Å². The van der Waals surface area contributed by atoms with Crippen LogP contribution < -0.4 is 5.32 Å². The minimum atomic E-state index is 0.391. The molecule has 1 unspecified atom stereocenters. The van der Waals surface area contributed by atoms with Crippen LogP contribution in [0.3, 0.4) is 0 Å². The monoisotopic (exact) mass is 211 g/mol. The van der Waals surface area contributed by atoms with Crippen molar-refractivity contribution in [2.24, 2.45) is 0 Å². The van der Waals surface area contributed by atoms with E-state index >= 15 is 0 Å². The maximum Gasteiger partial charge on any atom is 0.0619 e. The summed E-state index contributed by atoms with van der Waals surface area (Å²) in [6, 6.07) is 0.613. The van der Waals surface area contributed by atoms with E-state index in [2.05, 4.69) is 12.2 Å². The molecule has 1 N–H and O–H groups in total. The first-order chi connectivity index (χ1) is 7.29. The molecule has 0 aromatic heterocycles. The van der Waals surface area contributed by atoms with E-state index in [0.717, 1.165) is 13.2 Å². The summed E-state index contributed by atoms with van der Waals surface area (Å²) in [5.41, 5.74) is 0.391. The van der Waals surface area contributed by atoms with Crippen LogP contribution in [0.15, 0.2) is 0 Å². The molecule has 2 heteroatoms. The summed E-state index contributed by atoms with van der Waals surface area (Å²) in [5.74, 6) is 0. The lowest BCUT2D eigenvalue weighted by atomic mass is 9.91. The van der Waals surface area contributed by atoms with Crippen molar-refractivity contribution in [3.8, 4) is 0 Å². The molecule has 15 heavy (non-hydrogen) atoms. The Morgan fingerprint density at radius 1 is 1.07 bits per heavy atom. The summed E-state index contributed by atoms with van der Waals surface area (Å²) in [4.78, 5) is 0. The van der Waals surface area contributed by atoms with E-state index in [0.29, 0.717) is 11.6 Å². The van der Waals surface area contributed by atoms with Gasteiger partial charge in [-0.15, -0.1) is 0 Å². The first-order valence-electron chi connectivity index (χ1n) is 6.64. The molecule has 0 bridgehead atoms. The number of ether oxygens (including phenoxy) is 1. The number of rotatable bonds is 2. The van der Waals surface area contributed by atoms with Gasteiger partial charge in [0.1, 0.15) is 0 Å². The fourth-order valence-corrected chi connectivity index (χ4v) is 3.00. The zero-order valence-electron chi connectivity index (χ0n) is 10.1. The zero-order valence-corrected chi connectivity index (χ0v) is 10.1. The van der Waals surface area contributed by atoms with Crippen LogP contribution in [-0.4, -0.2) is 24.8 Å². The minimum absolute atomic E-state index is 0.391. The quantitative estimate of drug-likeness (QED) is 0.709. The predicted molar refractivity (Wildman–Crippen MR) is 63.1 cm³/mol. The smallest absolute Gasteiger partial charge is 0.0619 e. The van der Waals surface area contributed by atoms with Crippen LogP contribution >= 0.6 is 0 Å². The molecule has 0 aromatic carbocycles. The number of hydrogen-bond donors (Lipinski definition) is 1. The molecule has 2 fully saturated rings. The van der Waals surface area contributed by atoms with Crippen molar-refractivity contribution in [3.63, 3.8) is 0 Å². The van der Waals surface area contributed by atoms with Gasteiger partial charge in [-0.3, -0.25) is 0 Å². The maximum absolute atomic E-state index is 5.54. The van der Waals surface area contributed by atoms with Crippen molar-refractivity contribution in [2.75, 3.05) is 13.2 Å². The molecular weight excluding hydrogens is 186 g/mol. The van der Waals surface area contributed by atoms with Gasteiger partial charge in [0.2, 0.25) is 0 Å². The molecule has 88 valence electrons. The standard InChI is InChI=1S/C13H25NO/c1-13(8-4-2-3-5-9-13)14-12-7-6-10-15-11-12/h12,14H,2-11H2,1H3. The van der Waals surface area contributed by atoms with Crippen LogP contribution in [0.1, 0.15) is 58.3 Å². The summed E-state index contributed by atoms with van der Waals surface area (Å²) in [6.45, 7) is 4.30. The van der Waals surface area contributed by atoms with Crippen molar-refractivity contribution >= 4 is 0 Å². The molecule has 1 saturated heterocycles. The lowest BCUT2D eigenvalue weighted by Crippen LogP contribution is -2.50. The van der Waals surface area contributed by atoms with Gasteiger partial charge < -0.3 is 10.1 Å². The average molecular weight is 211 g/mol. The van der Waals surface area contributed by atoms with Gasteiger partial charge in [-0.25, -0.2) is 0 Å². The number of hydrogen-bond acceptors (Lipinski definition) is 2. The second-order valence-electron chi connectivity index (χ2n) is 5.53. The Morgan fingerprint density at radius 3 is 2.40 bits per heavy atom. The summed E-state index contributed by atoms with van der Waals surface area (Å²) in [7, 11) is 0. The van der Waals surface area contributed by atoms with Gasteiger partial charge in [0.25, 0.3) is 0 Å². The van der Waals surface area contributed by atoms with Gasteiger partial charge >= 0.3 is 0 Å². The largest absolute Gasteiger partial charge is 0.380 e. The molecular formula is C13H25NO. The summed E-state index contributed by atoms with van der Waals surface area (Å²) >= 11 is 0. The molecule has 0 radical (unpaired) electrons. The molecule has 1 saturated carbocycles. The maximum atomic E-state index is 5.54. The zero-order chi connectivity index (χ0) is 10.6. The summed E-state index contributed by atoms with van der Waals surface area (Å²) < 4.78 is 5.54. The molecule has 0 aromatic rings. The second-order valence-corrected chi connectivity index (χ2v) is 5.53. The molecule has 2 rings (SSSR count). The van der Waals surface area contributed by atoms with Crippen molar-refractivity contribution in [1.29, 1.82) is 0 Å². The normalized spacial score (nSPS) is 32.2. The molecule has 0 spiro atoms. The molecule has 1 aliphatic heterocycles. The van der Waals surface area contributed by atoms with Gasteiger partial charge in [0, 0.05) is 18.2 Å². The van der Waals surface area contributed by atoms with Crippen molar-refractivity contribution in [3.05, 3.63) is 0 Å². The summed E-state index contributed by atoms with van der Waals surface area (Å²) in [5, 5.41) is 3.85. The van der Waals surface area contributed by atoms with Gasteiger partial charge in [-0.05, 0) is 32.6 Å². The first kappa shape index (κ1) is 11.4. The van der Waals surface area contributed by atoms with E-state index in [1.54, 1.807) is 0 Å². The van der Waals surface area contributed by atoms with E-state index in [1.165, 1.54) is 51.4 Å². The van der Waals surface area contributed by atoms with Crippen molar-refractivity contribution < 1.29 is 4.74 Å². The molecule has 1 atom stereocenters. The Labute approximate surface area is 93.8 Å². The van der Waals surface area contributed by atoms with Crippen LogP contribution in [0.5, 0.6) is 0 Å². The highest BCUT2D eigenvalue weighted by atomic mass is 16.5. The Bertz CT molecular complexity index is 179. The van der Waals surface area contributed by atoms with Crippen molar-refractivity contribution in [2.45, 2.75) is 69.9 Å². The van der Waals surface area contributed by atoms with Crippen LogP contribution in [0.4, 0.5) is 0 Å². The lowest BCUT2D eigenvalue weighted by molar-refractivity contribution is 0.0568. The van der Waals surface area contributed by atoms with E-state index in [9.17, 15) is 0 Å². The predicted octanol–water partition coefficient (Wildman–Crippen LogP) is 2.87. The van der Waals surface area contributed by atoms with Crippen LogP contribution in [-0.2, 0) is 4.74 Å². The first-order valence-corrected chi connectivity index (χ1v) is 6.64. The molecule has 2 aliphatic rings. The highest BCUT2D eigenvalue weighted by molar-refractivity contribution is 4.88. The fourth-order valence-electron chi connectivity index (χ4n) is 3.00. The topological polar surface area (TPSA) is 21.3 Å². The van der Waals surface area contributed by atoms with Gasteiger partial charge in [0.05, 0.1) is 6.61 Å². The molecule has 1 aliphatic carbocycles. The van der Waals surface area contributed by atoms with E-state index in [-0.39, 0.29) is 0 Å². The third-order valence-corrected chi connectivity index (χ3v) is 3.92. The van der Waals surface area contributed by atoms with Gasteiger partial charge in [-0.1, -0.05) is 25.7 Å². The third-order valence-electron chi connectivity index (χ3n) is 3.92. The van der Waals surface area contributed by atoms with E-state index < -0.39 is 0 Å². The Balaban J connectivity index is 1.83. The second kappa shape index (κ2) is 5.31. The summed E-state index contributed by atoms with van der Waals surface area (Å²) in [6.07, 6.45) is 10.9. The Morgan fingerprint density at radius 2 is 1.80 bits per heavy atom. The number of nitrogens with one attached hydrogen (secondary N) is 1. The molecule has 1 heterocycles. The van der Waals surface area contributed by atoms with E-state index in [1.807, 2.05) is 0 Å². The average Bonchev–Trinajstić information content (AvgIpc) is 2.45.